The van der Waals surface area contributed by atoms with E-state index in [4.69, 9.17) is 0 Å². The Morgan fingerprint density at radius 1 is 1.15 bits per heavy atom. The van der Waals surface area contributed by atoms with Gasteiger partial charge in [-0.15, -0.1) is 0 Å². The van der Waals surface area contributed by atoms with Crippen LogP contribution in [0.4, 0.5) is 0 Å². The lowest BCUT2D eigenvalue weighted by Gasteiger charge is -2.53. The number of aliphatic carboxylic acids is 1. The summed E-state index contributed by atoms with van der Waals surface area (Å²) < 4.78 is 0. The van der Waals surface area contributed by atoms with Gasteiger partial charge in [0.05, 0.1) is 30.0 Å². The lowest BCUT2D eigenvalue weighted by Crippen LogP contribution is -2.67. The fourth-order valence-corrected chi connectivity index (χ4v) is 6.28. The number of carbonyl (C=O) groups excluding carboxylic acids is 3. The van der Waals surface area contributed by atoms with Gasteiger partial charge in [-0.3, -0.25) is 29.4 Å². The summed E-state index contributed by atoms with van der Waals surface area (Å²) in [5, 5.41) is 79.6. The van der Waals surface area contributed by atoms with Crippen molar-refractivity contribution in [3.8, 4) is 5.75 Å². The Labute approximate surface area is 234 Å². The van der Waals surface area contributed by atoms with Crippen molar-refractivity contribution in [3.63, 3.8) is 0 Å². The van der Waals surface area contributed by atoms with E-state index in [0.717, 1.165) is 0 Å². The Hall–Kier alpha value is -3.82. The van der Waals surface area contributed by atoms with Crippen molar-refractivity contribution in [2.75, 3.05) is 20.8 Å². The molecule has 0 unspecified atom stereocenters. The van der Waals surface area contributed by atoms with Gasteiger partial charge in [0.15, 0.2) is 11.4 Å². The standard InChI is InChI=1S/C27H33N3O11/c1-10(31)18(25(38)39)28-9-29-24(37)17-21(34)19(30(3)4)13-8-12-16(22(35)27(13,41)23(17)36)20(33)15-11(26(12,2)40)6-5-7-14(15)32/h5-7,10,12-13,18-19,28,31-33,36,40-41H,8-9H2,1-4H3,(H,29,37)(H,38,39)/t10-,12+,13-,18-,19+,26+,27-/m0/s1. The summed E-state index contributed by atoms with van der Waals surface area (Å²) >= 11 is 0. The predicted molar refractivity (Wildman–Crippen MR) is 140 cm³/mol. The van der Waals surface area contributed by atoms with E-state index in [1.165, 1.54) is 51.0 Å². The molecular weight excluding hydrogens is 542 g/mol. The number of aliphatic hydroxyl groups is 5. The number of hydrogen-bond donors (Lipinski definition) is 9. The topological polar surface area (TPSA) is 237 Å². The van der Waals surface area contributed by atoms with Crippen molar-refractivity contribution >= 4 is 29.2 Å². The molecule has 14 nitrogen and oxygen atoms in total. The van der Waals surface area contributed by atoms with Gasteiger partial charge in [-0.2, -0.15) is 0 Å². The zero-order valence-electron chi connectivity index (χ0n) is 22.7. The molecule has 1 saturated carbocycles. The minimum atomic E-state index is -2.88. The van der Waals surface area contributed by atoms with Crippen LogP contribution in [0.2, 0.25) is 0 Å². The number of carboxylic acid groups (broad SMARTS) is 1. The number of ketones is 2. The number of phenols is 1. The van der Waals surface area contributed by atoms with Gasteiger partial charge in [0.2, 0.25) is 5.78 Å². The number of fused-ring (bicyclic) bond motifs is 3. The number of rotatable bonds is 7. The van der Waals surface area contributed by atoms with Gasteiger partial charge >= 0.3 is 5.97 Å². The van der Waals surface area contributed by atoms with Crippen molar-refractivity contribution in [1.82, 2.24) is 15.5 Å². The van der Waals surface area contributed by atoms with Gasteiger partial charge in [-0.25, -0.2) is 0 Å². The monoisotopic (exact) mass is 575 g/mol. The molecule has 0 saturated heterocycles. The minimum absolute atomic E-state index is 0.120. The molecule has 222 valence electrons. The first-order valence-electron chi connectivity index (χ1n) is 12.8. The molecule has 0 bridgehead atoms. The highest BCUT2D eigenvalue weighted by atomic mass is 16.4. The lowest BCUT2D eigenvalue weighted by atomic mass is 9.54. The molecule has 9 N–H and O–H groups in total. The van der Waals surface area contributed by atoms with E-state index in [1.807, 2.05) is 0 Å². The lowest BCUT2D eigenvalue weighted by molar-refractivity contribution is -0.159. The van der Waals surface area contributed by atoms with E-state index in [9.17, 15) is 54.9 Å². The van der Waals surface area contributed by atoms with E-state index in [-0.39, 0.29) is 17.5 Å². The molecule has 3 aliphatic rings. The molecule has 0 aliphatic heterocycles. The van der Waals surface area contributed by atoms with Crippen LogP contribution < -0.4 is 10.6 Å². The van der Waals surface area contributed by atoms with E-state index < -0.39 is 99.8 Å². The third-order valence-electron chi connectivity index (χ3n) is 8.32. The van der Waals surface area contributed by atoms with Crippen molar-refractivity contribution in [2.24, 2.45) is 11.8 Å². The van der Waals surface area contributed by atoms with Crippen molar-refractivity contribution < 1.29 is 54.9 Å². The second-order valence-electron chi connectivity index (χ2n) is 11.0. The summed E-state index contributed by atoms with van der Waals surface area (Å²) in [6, 6.07) is 1.32. The number of carboxylic acids is 1. The number of nitrogens with one attached hydrogen (secondary N) is 2. The van der Waals surface area contributed by atoms with Crippen LogP contribution in [0.3, 0.4) is 0 Å². The average molecular weight is 576 g/mol. The summed E-state index contributed by atoms with van der Waals surface area (Å²) in [5.74, 6) is -9.81. The summed E-state index contributed by atoms with van der Waals surface area (Å²) in [5.41, 5.74) is -6.28. The molecule has 0 aromatic heterocycles. The number of benzene rings is 1. The first-order valence-corrected chi connectivity index (χ1v) is 12.8. The quantitative estimate of drug-likeness (QED) is 0.135. The van der Waals surface area contributed by atoms with Crippen LogP contribution >= 0.6 is 0 Å². The highest BCUT2D eigenvalue weighted by Gasteiger charge is 2.66. The second kappa shape index (κ2) is 10.2. The smallest absolute Gasteiger partial charge is 0.323 e. The molecule has 0 radical (unpaired) electrons. The second-order valence-corrected chi connectivity index (χ2v) is 11.0. The zero-order chi connectivity index (χ0) is 30.8. The number of aromatic hydroxyl groups is 1. The molecule has 1 amide bonds. The summed E-state index contributed by atoms with van der Waals surface area (Å²) in [7, 11) is 2.92. The van der Waals surface area contributed by atoms with E-state index >= 15 is 0 Å². The summed E-state index contributed by atoms with van der Waals surface area (Å²) in [4.78, 5) is 53.4. The fourth-order valence-electron chi connectivity index (χ4n) is 6.28. The van der Waals surface area contributed by atoms with Crippen LogP contribution in [0.15, 0.2) is 35.1 Å². The summed E-state index contributed by atoms with van der Waals surface area (Å²) in [6.07, 6.45) is -1.63. The molecule has 14 heteroatoms. The number of amides is 1. The first kappa shape index (κ1) is 30.1. The van der Waals surface area contributed by atoms with E-state index in [2.05, 4.69) is 10.6 Å². The molecule has 0 spiro atoms. The maximum atomic E-state index is 14.0. The Kier molecular flexibility index (Phi) is 7.52. The number of likely N-dealkylation sites (N-methyl/N-ethyl adjacent to an activating group) is 1. The molecule has 1 aromatic carbocycles. The zero-order valence-corrected chi connectivity index (χ0v) is 22.7. The van der Waals surface area contributed by atoms with Crippen molar-refractivity contribution in [3.05, 3.63) is 46.2 Å². The SMILES string of the molecule is C[C@H](O)[C@H](NCNC(=O)C1=C(O)[C@@]2(O)C(=O)C3=C(O)c4c(O)cccc4[C@@](C)(O)[C@@H]3C[C@H]2[C@@H](N(C)C)C1=O)C(=O)O. The van der Waals surface area contributed by atoms with Crippen molar-refractivity contribution in [1.29, 1.82) is 0 Å². The van der Waals surface area contributed by atoms with Gasteiger partial charge in [-0.05, 0) is 46.0 Å². The fraction of sp³-hybridized carbons (Fsp3) is 0.481. The van der Waals surface area contributed by atoms with Gasteiger partial charge in [0, 0.05) is 17.4 Å². The average Bonchev–Trinajstić information content (AvgIpc) is 2.86. The number of hydrogen-bond acceptors (Lipinski definition) is 12. The van der Waals surface area contributed by atoms with Crippen LogP contribution in [0, 0.1) is 11.8 Å². The highest BCUT2D eigenvalue weighted by Crippen LogP contribution is 2.57. The van der Waals surface area contributed by atoms with Crippen LogP contribution in [-0.2, 0) is 24.8 Å². The van der Waals surface area contributed by atoms with Crippen LogP contribution in [0.5, 0.6) is 5.75 Å². The molecule has 1 fully saturated rings. The Balaban J connectivity index is 1.82. The summed E-state index contributed by atoms with van der Waals surface area (Å²) in [6.45, 7) is 2.01. The molecule has 0 heterocycles. The number of nitrogens with zero attached hydrogens (tertiary/aromatic N) is 1. The number of Topliss-reactive ketones (excluding diaryl/α,β-unsaturated/α-hetero) is 2. The third-order valence-corrected chi connectivity index (χ3v) is 8.32. The molecule has 4 rings (SSSR count). The molecular formula is C27H33N3O11. The number of carbonyl (C=O) groups is 4. The molecule has 7 atom stereocenters. The van der Waals surface area contributed by atoms with Gasteiger partial charge in [0.1, 0.15) is 28.9 Å². The van der Waals surface area contributed by atoms with E-state index in [1.54, 1.807) is 0 Å². The van der Waals surface area contributed by atoms with Crippen molar-refractivity contribution in [2.45, 2.75) is 49.7 Å². The highest BCUT2D eigenvalue weighted by molar-refractivity contribution is 6.25. The van der Waals surface area contributed by atoms with Gasteiger partial charge in [-0.1, -0.05) is 12.1 Å². The Morgan fingerprint density at radius 3 is 2.34 bits per heavy atom. The molecule has 41 heavy (non-hydrogen) atoms. The molecule has 3 aliphatic carbocycles. The Morgan fingerprint density at radius 2 is 1.78 bits per heavy atom. The first-order chi connectivity index (χ1) is 19.0. The van der Waals surface area contributed by atoms with Crippen LogP contribution in [0.1, 0.15) is 31.4 Å². The largest absolute Gasteiger partial charge is 0.508 e. The van der Waals surface area contributed by atoms with E-state index in [0.29, 0.717) is 0 Å². The maximum Gasteiger partial charge on any atom is 0.323 e. The normalized spacial score (nSPS) is 30.9. The van der Waals surface area contributed by atoms with Crippen LogP contribution in [0.25, 0.3) is 5.76 Å². The Bertz CT molecular complexity index is 1400. The van der Waals surface area contributed by atoms with Crippen LogP contribution in [-0.4, -0.2) is 109 Å². The predicted octanol–water partition coefficient (Wildman–Crippen LogP) is -1.36. The van der Waals surface area contributed by atoms with Gasteiger partial charge < -0.3 is 41.1 Å². The number of phenolic OH excluding ortho intramolecular Hbond substituents is 1. The molecule has 1 aromatic rings. The van der Waals surface area contributed by atoms with Gasteiger partial charge in [0.25, 0.3) is 5.91 Å². The number of aliphatic hydroxyl groups excluding tert-OH is 3. The maximum absolute atomic E-state index is 14.0. The minimum Gasteiger partial charge on any atom is -0.508 e. The third kappa shape index (κ3) is 4.38.